The van der Waals surface area contributed by atoms with Crippen molar-refractivity contribution < 1.29 is 4.79 Å². The van der Waals surface area contributed by atoms with Crippen molar-refractivity contribution in [1.82, 2.24) is 0 Å². The zero-order chi connectivity index (χ0) is 18.0. The molecule has 0 saturated heterocycles. The molecule has 3 saturated carbocycles. The molecular weight excluding hydrogens is 374 g/mol. The quantitative estimate of drug-likeness (QED) is 0.598. The SMILES string of the molecule is CCN(C(=O)C12CCC(C)(C1Br)C2(C)C)c1cccc2ccccc12. The fourth-order valence-corrected chi connectivity index (χ4v) is 7.33. The van der Waals surface area contributed by atoms with Crippen LogP contribution in [0.25, 0.3) is 10.8 Å². The summed E-state index contributed by atoms with van der Waals surface area (Å²) >= 11 is 3.92. The highest BCUT2D eigenvalue weighted by Gasteiger charge is 2.80. The zero-order valence-corrected chi connectivity index (χ0v) is 17.1. The summed E-state index contributed by atoms with van der Waals surface area (Å²) in [6, 6.07) is 14.6. The molecule has 2 aromatic carbocycles. The van der Waals surface area contributed by atoms with Crippen molar-refractivity contribution in [2.45, 2.75) is 45.4 Å². The maximum atomic E-state index is 13.8. The van der Waals surface area contributed by atoms with Gasteiger partial charge in [0.25, 0.3) is 0 Å². The van der Waals surface area contributed by atoms with Crippen LogP contribution in [0.3, 0.4) is 0 Å². The molecule has 0 aliphatic heterocycles. The van der Waals surface area contributed by atoms with Gasteiger partial charge in [-0.2, -0.15) is 0 Å². The summed E-state index contributed by atoms with van der Waals surface area (Å²) in [6.45, 7) is 9.68. The van der Waals surface area contributed by atoms with Crippen LogP contribution in [0.1, 0.15) is 40.5 Å². The van der Waals surface area contributed by atoms with E-state index in [1.165, 1.54) is 5.39 Å². The predicted octanol–water partition coefficient (Wildman–Crippen LogP) is 5.78. The van der Waals surface area contributed by atoms with Crippen LogP contribution in [0.4, 0.5) is 5.69 Å². The van der Waals surface area contributed by atoms with Gasteiger partial charge < -0.3 is 4.90 Å². The Bertz CT molecular complexity index is 855. The van der Waals surface area contributed by atoms with Crippen molar-refractivity contribution in [3.63, 3.8) is 0 Å². The Morgan fingerprint density at radius 2 is 1.80 bits per heavy atom. The van der Waals surface area contributed by atoms with E-state index in [0.29, 0.717) is 6.54 Å². The number of rotatable bonds is 3. The number of benzene rings is 2. The van der Waals surface area contributed by atoms with Gasteiger partial charge in [0.15, 0.2) is 0 Å². The van der Waals surface area contributed by atoms with Gasteiger partial charge in [-0.15, -0.1) is 0 Å². The van der Waals surface area contributed by atoms with Crippen LogP contribution in [-0.2, 0) is 4.79 Å². The number of hydrogen-bond donors (Lipinski definition) is 0. The smallest absolute Gasteiger partial charge is 0.234 e. The van der Waals surface area contributed by atoms with Crippen LogP contribution in [-0.4, -0.2) is 17.3 Å². The molecule has 0 heterocycles. The third-order valence-electron chi connectivity index (χ3n) is 7.57. The van der Waals surface area contributed by atoms with Crippen molar-refractivity contribution in [3.8, 4) is 0 Å². The fraction of sp³-hybridized carbons (Fsp3) is 0.500. The van der Waals surface area contributed by atoms with Crippen LogP contribution in [0.2, 0.25) is 0 Å². The van der Waals surface area contributed by atoms with E-state index in [0.717, 1.165) is 23.9 Å². The summed E-state index contributed by atoms with van der Waals surface area (Å²) in [4.78, 5) is 16.1. The molecule has 0 aromatic heterocycles. The zero-order valence-electron chi connectivity index (χ0n) is 15.5. The van der Waals surface area contributed by atoms with Crippen LogP contribution in [0.5, 0.6) is 0 Å². The van der Waals surface area contributed by atoms with Crippen LogP contribution in [0.15, 0.2) is 42.5 Å². The molecule has 25 heavy (non-hydrogen) atoms. The molecule has 3 atom stereocenters. The highest BCUT2D eigenvalue weighted by Crippen LogP contribution is 2.80. The first-order valence-electron chi connectivity index (χ1n) is 9.25. The molecule has 1 amide bonds. The summed E-state index contributed by atoms with van der Waals surface area (Å²) in [5, 5.41) is 2.34. The Labute approximate surface area is 158 Å². The van der Waals surface area contributed by atoms with Crippen LogP contribution in [0, 0.1) is 16.2 Å². The first-order chi connectivity index (χ1) is 11.8. The van der Waals surface area contributed by atoms with E-state index in [1.807, 2.05) is 4.90 Å². The van der Waals surface area contributed by atoms with Gasteiger partial charge in [0.1, 0.15) is 0 Å². The Kier molecular flexibility index (Phi) is 3.64. The van der Waals surface area contributed by atoms with Gasteiger partial charge in [-0.3, -0.25) is 4.79 Å². The number of nitrogens with zero attached hydrogens (tertiary/aromatic N) is 1. The molecule has 3 heteroatoms. The number of carbonyl (C=O) groups excluding carboxylic acids is 1. The number of alkyl halides is 1. The minimum absolute atomic E-state index is 0.0171. The highest BCUT2D eigenvalue weighted by atomic mass is 79.9. The molecule has 3 aliphatic carbocycles. The maximum Gasteiger partial charge on any atom is 0.234 e. The lowest BCUT2D eigenvalue weighted by Crippen LogP contribution is -2.69. The molecule has 132 valence electrons. The maximum absolute atomic E-state index is 13.8. The number of anilines is 1. The Balaban J connectivity index is 1.81. The van der Waals surface area contributed by atoms with Crippen molar-refractivity contribution >= 4 is 38.3 Å². The van der Waals surface area contributed by atoms with E-state index in [2.05, 4.69) is 86.1 Å². The van der Waals surface area contributed by atoms with E-state index in [-0.39, 0.29) is 27.0 Å². The third kappa shape index (κ3) is 1.83. The molecule has 0 N–H and O–H groups in total. The van der Waals surface area contributed by atoms with Gasteiger partial charge >= 0.3 is 0 Å². The lowest BCUT2D eigenvalue weighted by atomic mass is 9.43. The second-order valence-corrected chi connectivity index (χ2v) is 9.34. The Morgan fingerprint density at radius 3 is 2.40 bits per heavy atom. The number of carbonyl (C=O) groups is 1. The Hall–Kier alpha value is -1.35. The number of halogens is 1. The molecular formula is C22H26BrNO. The summed E-state index contributed by atoms with van der Waals surface area (Å²) in [5.74, 6) is 0.285. The van der Waals surface area contributed by atoms with Gasteiger partial charge in [-0.05, 0) is 42.0 Å². The summed E-state index contributed by atoms with van der Waals surface area (Å²) in [7, 11) is 0. The topological polar surface area (TPSA) is 20.3 Å². The van der Waals surface area contributed by atoms with Crippen molar-refractivity contribution in [2.24, 2.45) is 16.2 Å². The number of amides is 1. The van der Waals surface area contributed by atoms with E-state index in [9.17, 15) is 4.79 Å². The van der Waals surface area contributed by atoms with Gasteiger partial charge in [0, 0.05) is 16.8 Å². The minimum Gasteiger partial charge on any atom is -0.312 e. The normalized spacial score (nSPS) is 32.4. The average Bonchev–Trinajstić information content (AvgIpc) is 3.02. The lowest BCUT2D eigenvalue weighted by Gasteiger charge is -2.64. The highest BCUT2D eigenvalue weighted by molar-refractivity contribution is 9.09. The monoisotopic (exact) mass is 399 g/mol. The van der Waals surface area contributed by atoms with Gasteiger partial charge in [-0.25, -0.2) is 0 Å². The average molecular weight is 400 g/mol. The lowest BCUT2D eigenvalue weighted by molar-refractivity contribution is -0.158. The molecule has 3 fully saturated rings. The summed E-state index contributed by atoms with van der Waals surface area (Å²) < 4.78 is 0. The van der Waals surface area contributed by atoms with Crippen LogP contribution >= 0.6 is 15.9 Å². The molecule has 2 bridgehead atoms. The van der Waals surface area contributed by atoms with Crippen molar-refractivity contribution in [2.75, 3.05) is 11.4 Å². The van der Waals surface area contributed by atoms with Gasteiger partial charge in [0.2, 0.25) is 5.91 Å². The molecule has 5 rings (SSSR count). The first-order valence-corrected chi connectivity index (χ1v) is 10.2. The third-order valence-corrected chi connectivity index (χ3v) is 9.37. The largest absolute Gasteiger partial charge is 0.312 e. The standard InChI is InChI=1S/C22H26BrNO/c1-5-24(17-12-8-10-15-9-6-7-11-16(15)17)19(25)22-14-13-21(4,18(22)23)20(22,2)3/h6-12,18H,5,13-14H2,1-4H3. The molecule has 3 unspecified atom stereocenters. The van der Waals surface area contributed by atoms with E-state index in [4.69, 9.17) is 0 Å². The van der Waals surface area contributed by atoms with Crippen LogP contribution < -0.4 is 4.90 Å². The molecule has 0 radical (unpaired) electrons. The molecule has 3 aliphatic rings. The molecule has 0 spiro atoms. The summed E-state index contributed by atoms with van der Waals surface area (Å²) in [6.07, 6.45) is 2.10. The second kappa shape index (κ2) is 5.33. The van der Waals surface area contributed by atoms with Gasteiger partial charge in [-0.1, -0.05) is 73.1 Å². The minimum atomic E-state index is -0.297. The predicted molar refractivity (Wildman–Crippen MR) is 108 cm³/mol. The van der Waals surface area contributed by atoms with E-state index < -0.39 is 0 Å². The summed E-state index contributed by atoms with van der Waals surface area (Å²) in [5.41, 5.74) is 0.967. The van der Waals surface area contributed by atoms with E-state index in [1.54, 1.807) is 0 Å². The molecule has 2 nitrogen and oxygen atoms in total. The number of hydrogen-bond acceptors (Lipinski definition) is 1. The van der Waals surface area contributed by atoms with Gasteiger partial charge in [0.05, 0.1) is 11.1 Å². The number of fused-ring (bicyclic) bond motifs is 2. The Morgan fingerprint density at radius 1 is 1.12 bits per heavy atom. The first kappa shape index (κ1) is 17.1. The molecule has 2 aromatic rings. The fourth-order valence-electron chi connectivity index (χ4n) is 5.54. The second-order valence-electron chi connectivity index (χ2n) is 8.42. The van der Waals surface area contributed by atoms with Crippen molar-refractivity contribution in [1.29, 1.82) is 0 Å². The van der Waals surface area contributed by atoms with Crippen molar-refractivity contribution in [3.05, 3.63) is 42.5 Å². The van der Waals surface area contributed by atoms with E-state index >= 15 is 0 Å².